The molecule has 2 unspecified atom stereocenters. The molecule has 5 nitrogen and oxygen atoms in total. The molecule has 0 radical (unpaired) electrons. The second-order valence-electron chi connectivity index (χ2n) is 6.11. The van der Waals surface area contributed by atoms with Crippen LogP contribution in [0.2, 0.25) is 0 Å². The highest BCUT2D eigenvalue weighted by Gasteiger charge is 2.27. The summed E-state index contributed by atoms with van der Waals surface area (Å²) in [5, 5.41) is 0. The Labute approximate surface area is 128 Å². The molecule has 1 aliphatic heterocycles. The highest BCUT2D eigenvalue weighted by atomic mass is 16.5. The van der Waals surface area contributed by atoms with Gasteiger partial charge in [-0.1, -0.05) is 0 Å². The largest absolute Gasteiger partial charge is 0.382 e. The fraction of sp³-hybridized carbons (Fsp3) is 0.812. The molecule has 0 saturated carbocycles. The lowest BCUT2D eigenvalue weighted by Crippen LogP contribution is -2.45. The number of ether oxygens (including phenoxy) is 1. The molecule has 5 heteroatoms. The van der Waals surface area contributed by atoms with Crippen LogP contribution in [0, 0.1) is 12.8 Å². The van der Waals surface area contributed by atoms with Gasteiger partial charge in [0.05, 0.1) is 5.69 Å². The van der Waals surface area contributed by atoms with Crippen molar-refractivity contribution in [3.05, 3.63) is 11.9 Å². The van der Waals surface area contributed by atoms with Gasteiger partial charge in [0.25, 0.3) is 0 Å². The molecule has 120 valence electrons. The maximum atomic E-state index is 5.88. The first-order valence-electron chi connectivity index (χ1n) is 8.24. The zero-order valence-electron chi connectivity index (χ0n) is 13.7. The van der Waals surface area contributed by atoms with Crippen LogP contribution >= 0.6 is 0 Å². The van der Waals surface area contributed by atoms with Crippen molar-refractivity contribution in [1.29, 1.82) is 0 Å². The first-order valence-corrected chi connectivity index (χ1v) is 8.24. The summed E-state index contributed by atoms with van der Waals surface area (Å²) in [6.45, 7) is 10.8. The fourth-order valence-electron chi connectivity index (χ4n) is 3.06. The van der Waals surface area contributed by atoms with Crippen LogP contribution in [0.25, 0.3) is 0 Å². The molecule has 2 N–H and O–H groups in total. The Bertz CT molecular complexity index is 432. The van der Waals surface area contributed by atoms with E-state index < -0.39 is 0 Å². The van der Waals surface area contributed by atoms with E-state index in [0.29, 0.717) is 12.0 Å². The summed E-state index contributed by atoms with van der Waals surface area (Å²) in [5.74, 6) is 1.70. The van der Waals surface area contributed by atoms with E-state index in [0.717, 1.165) is 50.9 Å². The number of nitrogens with two attached hydrogens (primary N) is 1. The van der Waals surface area contributed by atoms with Crippen LogP contribution in [0.1, 0.15) is 38.8 Å². The molecule has 1 saturated heterocycles. The third kappa shape index (κ3) is 4.20. The highest BCUT2D eigenvalue weighted by molar-refractivity contribution is 5.36. The van der Waals surface area contributed by atoms with Gasteiger partial charge in [0.1, 0.15) is 0 Å². The zero-order chi connectivity index (χ0) is 15.2. The third-order valence-electron chi connectivity index (χ3n) is 4.34. The number of piperidine rings is 1. The predicted octanol–water partition coefficient (Wildman–Crippen LogP) is 2.18. The minimum atomic E-state index is 0.542. The molecule has 0 aliphatic carbocycles. The molecule has 0 bridgehead atoms. The number of rotatable bonds is 7. The average Bonchev–Trinajstić information content (AvgIpc) is 2.85. The van der Waals surface area contributed by atoms with E-state index in [9.17, 15) is 0 Å². The van der Waals surface area contributed by atoms with Crippen molar-refractivity contribution >= 4 is 5.95 Å². The molecule has 2 rings (SSSR count). The molecule has 0 amide bonds. The van der Waals surface area contributed by atoms with Gasteiger partial charge in [0.2, 0.25) is 5.95 Å². The van der Waals surface area contributed by atoms with E-state index in [-0.39, 0.29) is 0 Å². The molecule has 0 spiro atoms. The van der Waals surface area contributed by atoms with Gasteiger partial charge in [-0.2, -0.15) is 0 Å². The lowest BCUT2D eigenvalue weighted by Gasteiger charge is -2.38. The normalized spacial score (nSPS) is 22.8. The van der Waals surface area contributed by atoms with Gasteiger partial charge in [-0.25, -0.2) is 4.98 Å². The summed E-state index contributed by atoms with van der Waals surface area (Å²) < 4.78 is 7.72. The SMILES string of the molecule is CCOCCCn1cc(C)nc1N1CC(CN)CCC1C. The number of hydrogen-bond donors (Lipinski definition) is 1. The first-order chi connectivity index (χ1) is 10.2. The van der Waals surface area contributed by atoms with Crippen molar-refractivity contribution in [3.8, 4) is 0 Å². The molecular weight excluding hydrogens is 264 g/mol. The van der Waals surface area contributed by atoms with Crippen LogP contribution in [0.15, 0.2) is 6.20 Å². The van der Waals surface area contributed by atoms with E-state index in [4.69, 9.17) is 15.5 Å². The molecule has 1 fully saturated rings. The molecule has 0 aromatic carbocycles. The van der Waals surface area contributed by atoms with Crippen LogP contribution < -0.4 is 10.6 Å². The van der Waals surface area contributed by atoms with Gasteiger partial charge in [-0.05, 0) is 52.5 Å². The van der Waals surface area contributed by atoms with E-state index in [1.165, 1.54) is 12.8 Å². The quantitative estimate of drug-likeness (QED) is 0.783. The number of nitrogens with zero attached hydrogens (tertiary/aromatic N) is 3. The Morgan fingerprint density at radius 2 is 2.24 bits per heavy atom. The second kappa shape index (κ2) is 7.80. The number of aromatic nitrogens is 2. The summed E-state index contributed by atoms with van der Waals surface area (Å²) in [6.07, 6.45) is 5.62. The maximum Gasteiger partial charge on any atom is 0.205 e. The smallest absolute Gasteiger partial charge is 0.205 e. The van der Waals surface area contributed by atoms with Crippen LogP contribution in [0.3, 0.4) is 0 Å². The number of hydrogen-bond acceptors (Lipinski definition) is 4. The summed E-state index contributed by atoms with van der Waals surface area (Å²) in [5.41, 5.74) is 6.96. The van der Waals surface area contributed by atoms with Crippen molar-refractivity contribution in [2.75, 3.05) is 31.2 Å². The van der Waals surface area contributed by atoms with Crippen molar-refractivity contribution in [2.24, 2.45) is 11.7 Å². The van der Waals surface area contributed by atoms with Crippen LogP contribution in [0.4, 0.5) is 5.95 Å². The fourth-order valence-corrected chi connectivity index (χ4v) is 3.06. The van der Waals surface area contributed by atoms with E-state index in [2.05, 4.69) is 29.5 Å². The van der Waals surface area contributed by atoms with Crippen LogP contribution in [0.5, 0.6) is 0 Å². The van der Waals surface area contributed by atoms with Gasteiger partial charge in [0.15, 0.2) is 0 Å². The molecule has 1 aromatic rings. The number of imidazole rings is 1. The van der Waals surface area contributed by atoms with Crippen LogP contribution in [-0.4, -0.2) is 41.9 Å². The molecule has 21 heavy (non-hydrogen) atoms. The summed E-state index contributed by atoms with van der Waals surface area (Å²) in [6, 6.07) is 0.542. The predicted molar refractivity (Wildman–Crippen MR) is 86.7 cm³/mol. The molecule has 1 aromatic heterocycles. The average molecular weight is 294 g/mol. The Hall–Kier alpha value is -1.07. The van der Waals surface area contributed by atoms with Gasteiger partial charge in [0, 0.05) is 38.5 Å². The minimum absolute atomic E-state index is 0.542. The zero-order valence-corrected chi connectivity index (χ0v) is 13.7. The maximum absolute atomic E-state index is 5.88. The summed E-state index contributed by atoms with van der Waals surface area (Å²) >= 11 is 0. The third-order valence-corrected chi connectivity index (χ3v) is 4.34. The number of aryl methyl sites for hydroxylation is 2. The van der Waals surface area contributed by atoms with Crippen molar-refractivity contribution in [2.45, 2.75) is 52.6 Å². The standard InChI is InChI=1S/C16H30N4O/c1-4-21-9-5-8-19-11-13(2)18-16(19)20-12-15(10-17)7-6-14(20)3/h11,14-15H,4-10,12,17H2,1-3H3. The summed E-state index contributed by atoms with van der Waals surface area (Å²) in [4.78, 5) is 7.20. The minimum Gasteiger partial charge on any atom is -0.382 e. The van der Waals surface area contributed by atoms with Gasteiger partial charge >= 0.3 is 0 Å². The molecule has 2 atom stereocenters. The van der Waals surface area contributed by atoms with E-state index in [1.54, 1.807) is 0 Å². The van der Waals surface area contributed by atoms with Crippen molar-refractivity contribution < 1.29 is 4.74 Å². The monoisotopic (exact) mass is 294 g/mol. The Balaban J connectivity index is 2.06. The second-order valence-corrected chi connectivity index (χ2v) is 6.11. The lowest BCUT2D eigenvalue weighted by molar-refractivity contribution is 0.141. The topological polar surface area (TPSA) is 56.3 Å². The highest BCUT2D eigenvalue weighted by Crippen LogP contribution is 2.27. The van der Waals surface area contributed by atoms with Gasteiger partial charge in [-0.15, -0.1) is 0 Å². The van der Waals surface area contributed by atoms with Gasteiger partial charge in [-0.3, -0.25) is 0 Å². The Morgan fingerprint density at radius 3 is 2.95 bits per heavy atom. The lowest BCUT2D eigenvalue weighted by atomic mass is 9.94. The van der Waals surface area contributed by atoms with Gasteiger partial charge < -0.3 is 19.9 Å². The van der Waals surface area contributed by atoms with Crippen molar-refractivity contribution in [3.63, 3.8) is 0 Å². The van der Waals surface area contributed by atoms with E-state index >= 15 is 0 Å². The molecule has 1 aliphatic rings. The van der Waals surface area contributed by atoms with E-state index in [1.807, 2.05) is 6.92 Å². The molecule has 2 heterocycles. The van der Waals surface area contributed by atoms with Crippen molar-refractivity contribution in [1.82, 2.24) is 9.55 Å². The Kier molecular flexibility index (Phi) is 6.06. The molecular formula is C16H30N4O. The summed E-state index contributed by atoms with van der Waals surface area (Å²) in [7, 11) is 0. The first kappa shape index (κ1) is 16.3. The Morgan fingerprint density at radius 1 is 1.43 bits per heavy atom. The van der Waals surface area contributed by atoms with Crippen LogP contribution in [-0.2, 0) is 11.3 Å². The number of anilines is 1.